The maximum Gasteiger partial charge on any atom is 0.433 e. The maximum atomic E-state index is 12.9. The number of anilines is 1. The molecular weight excluding hydrogens is 331 g/mol. The van der Waals surface area contributed by atoms with Crippen molar-refractivity contribution in [1.29, 1.82) is 0 Å². The normalized spacial score (nSPS) is 31.8. The first-order valence-corrected chi connectivity index (χ1v) is 8.94. The molecule has 25 heavy (non-hydrogen) atoms. The number of rotatable bonds is 2. The van der Waals surface area contributed by atoms with Crippen LogP contribution in [0.4, 0.5) is 19.0 Å². The monoisotopic (exact) mass is 353 g/mol. The van der Waals surface area contributed by atoms with Crippen LogP contribution in [-0.2, 0) is 11.0 Å². The summed E-state index contributed by atoms with van der Waals surface area (Å²) >= 11 is 0. The molecule has 4 unspecified atom stereocenters. The lowest BCUT2D eigenvalue weighted by molar-refractivity contribution is -0.141. The third kappa shape index (κ3) is 2.98. The van der Waals surface area contributed by atoms with Crippen molar-refractivity contribution in [1.82, 2.24) is 9.88 Å². The van der Waals surface area contributed by atoms with Gasteiger partial charge in [-0.3, -0.25) is 4.79 Å². The van der Waals surface area contributed by atoms with E-state index in [2.05, 4.69) is 11.9 Å². The predicted octanol–water partition coefficient (Wildman–Crippen LogP) is 3.33. The predicted molar refractivity (Wildman–Crippen MR) is 87.0 cm³/mol. The first-order chi connectivity index (χ1) is 11.8. The van der Waals surface area contributed by atoms with E-state index >= 15 is 0 Å². The molecule has 4 rings (SSSR count). The fourth-order valence-electron chi connectivity index (χ4n) is 4.62. The molecule has 2 bridgehead atoms. The number of hydrogen-bond donors (Lipinski definition) is 0. The summed E-state index contributed by atoms with van der Waals surface area (Å²) < 4.78 is 38.6. The summed E-state index contributed by atoms with van der Waals surface area (Å²) in [5.74, 6) is 1.35. The highest BCUT2D eigenvalue weighted by atomic mass is 19.4. The van der Waals surface area contributed by atoms with Crippen molar-refractivity contribution in [3.8, 4) is 0 Å². The van der Waals surface area contributed by atoms with E-state index in [-0.39, 0.29) is 23.9 Å². The van der Waals surface area contributed by atoms with Gasteiger partial charge in [-0.25, -0.2) is 4.98 Å². The Hall–Kier alpha value is -1.79. The molecular formula is C18H22F3N3O. The molecule has 0 N–H and O–H groups in total. The lowest BCUT2D eigenvalue weighted by atomic mass is 10.0. The standard InChI is InChI=1S/C18H22F3N3O/c1-11-5-6-12(7-11)17(25)24-10-13-8-14(24)9-23(13)16-4-2-3-15(22-16)18(19,20)21/h2-4,11-14H,5-10H2,1H3. The van der Waals surface area contributed by atoms with E-state index in [4.69, 9.17) is 0 Å². The minimum absolute atomic E-state index is 0.0729. The van der Waals surface area contributed by atoms with Crippen molar-refractivity contribution in [3.05, 3.63) is 23.9 Å². The van der Waals surface area contributed by atoms with E-state index in [0.717, 1.165) is 31.7 Å². The average molecular weight is 353 g/mol. The summed E-state index contributed by atoms with van der Waals surface area (Å²) in [6.07, 6.45) is -0.571. The third-order valence-electron chi connectivity index (χ3n) is 5.89. The molecule has 1 amide bonds. The Morgan fingerprint density at radius 3 is 2.56 bits per heavy atom. The molecule has 2 saturated heterocycles. The van der Waals surface area contributed by atoms with Crippen molar-refractivity contribution in [2.75, 3.05) is 18.0 Å². The molecule has 4 atom stereocenters. The molecule has 1 aliphatic carbocycles. The molecule has 1 aromatic rings. The van der Waals surface area contributed by atoms with Crippen molar-refractivity contribution in [3.63, 3.8) is 0 Å². The summed E-state index contributed by atoms with van der Waals surface area (Å²) in [4.78, 5) is 20.5. The van der Waals surface area contributed by atoms with Gasteiger partial charge in [0.1, 0.15) is 11.5 Å². The molecule has 1 aromatic heterocycles. The highest BCUT2D eigenvalue weighted by Crippen LogP contribution is 2.38. The van der Waals surface area contributed by atoms with Crippen molar-refractivity contribution in [2.24, 2.45) is 11.8 Å². The van der Waals surface area contributed by atoms with E-state index in [1.165, 1.54) is 6.07 Å². The molecule has 4 nitrogen and oxygen atoms in total. The number of alkyl halides is 3. The van der Waals surface area contributed by atoms with Gasteiger partial charge < -0.3 is 9.80 Å². The first-order valence-electron chi connectivity index (χ1n) is 8.94. The molecule has 3 aliphatic rings. The zero-order chi connectivity index (χ0) is 17.8. The van der Waals surface area contributed by atoms with Gasteiger partial charge in [-0.05, 0) is 43.7 Å². The van der Waals surface area contributed by atoms with Crippen LogP contribution >= 0.6 is 0 Å². The minimum Gasteiger partial charge on any atom is -0.350 e. The van der Waals surface area contributed by atoms with Gasteiger partial charge >= 0.3 is 6.18 Å². The lowest BCUT2D eigenvalue weighted by Crippen LogP contribution is -2.50. The fraction of sp³-hybridized carbons (Fsp3) is 0.667. The molecule has 2 aliphatic heterocycles. The van der Waals surface area contributed by atoms with Gasteiger partial charge in [0.15, 0.2) is 0 Å². The second kappa shape index (κ2) is 5.88. The summed E-state index contributed by atoms with van der Waals surface area (Å²) in [6, 6.07) is 4.20. The van der Waals surface area contributed by atoms with Crippen molar-refractivity contribution < 1.29 is 18.0 Å². The largest absolute Gasteiger partial charge is 0.433 e. The number of carbonyl (C=O) groups excluding carboxylic acids is 1. The maximum absolute atomic E-state index is 12.9. The molecule has 0 spiro atoms. The number of halogens is 3. The first kappa shape index (κ1) is 16.7. The van der Waals surface area contributed by atoms with Gasteiger partial charge in [0.05, 0.1) is 12.1 Å². The smallest absolute Gasteiger partial charge is 0.350 e. The van der Waals surface area contributed by atoms with Crippen LogP contribution in [0.3, 0.4) is 0 Å². The SMILES string of the molecule is CC1CCC(C(=O)N2CC3CC2CN3c2cccc(C(F)(F)F)n2)C1. The number of nitrogens with zero attached hydrogens (tertiary/aromatic N) is 3. The zero-order valence-electron chi connectivity index (χ0n) is 14.2. The molecule has 136 valence electrons. The van der Waals surface area contributed by atoms with Crippen LogP contribution in [-0.4, -0.2) is 41.0 Å². The summed E-state index contributed by atoms with van der Waals surface area (Å²) in [5.41, 5.74) is -0.861. The summed E-state index contributed by atoms with van der Waals surface area (Å²) in [7, 11) is 0. The van der Waals surface area contributed by atoms with E-state index < -0.39 is 11.9 Å². The quantitative estimate of drug-likeness (QED) is 0.818. The van der Waals surface area contributed by atoms with Gasteiger partial charge in [-0.1, -0.05) is 13.0 Å². The van der Waals surface area contributed by atoms with Crippen LogP contribution in [0.5, 0.6) is 0 Å². The lowest BCUT2D eigenvalue weighted by Gasteiger charge is -2.36. The topological polar surface area (TPSA) is 36.4 Å². The van der Waals surface area contributed by atoms with Gasteiger partial charge in [0, 0.05) is 19.0 Å². The van der Waals surface area contributed by atoms with Crippen LogP contribution in [0.25, 0.3) is 0 Å². The van der Waals surface area contributed by atoms with Crippen LogP contribution in [0.1, 0.15) is 38.3 Å². The Balaban J connectivity index is 1.46. The minimum atomic E-state index is -4.43. The Labute approximate surface area is 145 Å². The van der Waals surface area contributed by atoms with Gasteiger partial charge in [-0.2, -0.15) is 13.2 Å². The number of piperazine rings is 1. The van der Waals surface area contributed by atoms with Crippen molar-refractivity contribution >= 4 is 11.7 Å². The number of carbonyl (C=O) groups is 1. The van der Waals surface area contributed by atoms with E-state index in [0.29, 0.717) is 24.8 Å². The molecule has 3 heterocycles. The van der Waals surface area contributed by atoms with E-state index in [9.17, 15) is 18.0 Å². The van der Waals surface area contributed by atoms with Crippen LogP contribution in [0.15, 0.2) is 18.2 Å². The van der Waals surface area contributed by atoms with Crippen molar-refractivity contribution in [2.45, 2.75) is 50.9 Å². The molecule has 1 saturated carbocycles. The fourth-order valence-corrected chi connectivity index (χ4v) is 4.62. The third-order valence-corrected chi connectivity index (χ3v) is 5.89. The Morgan fingerprint density at radius 1 is 1.16 bits per heavy atom. The number of fused-ring (bicyclic) bond motifs is 2. The molecule has 7 heteroatoms. The molecule has 0 radical (unpaired) electrons. The second-order valence-electron chi connectivity index (χ2n) is 7.68. The van der Waals surface area contributed by atoms with Crippen LogP contribution in [0.2, 0.25) is 0 Å². The number of aromatic nitrogens is 1. The van der Waals surface area contributed by atoms with E-state index in [1.54, 1.807) is 6.07 Å². The zero-order valence-corrected chi connectivity index (χ0v) is 14.2. The Kier molecular flexibility index (Phi) is 3.92. The number of likely N-dealkylation sites (tertiary alicyclic amines) is 1. The highest BCUT2D eigenvalue weighted by Gasteiger charge is 2.47. The average Bonchev–Trinajstić information content (AvgIpc) is 3.28. The number of hydrogen-bond acceptors (Lipinski definition) is 3. The number of pyridine rings is 1. The molecule has 3 fully saturated rings. The van der Waals surface area contributed by atoms with Crippen LogP contribution in [0, 0.1) is 11.8 Å². The summed E-state index contributed by atoms with van der Waals surface area (Å²) in [5, 5.41) is 0. The van der Waals surface area contributed by atoms with Gasteiger partial charge in [-0.15, -0.1) is 0 Å². The van der Waals surface area contributed by atoms with Gasteiger partial charge in [0.25, 0.3) is 0 Å². The highest BCUT2D eigenvalue weighted by molar-refractivity contribution is 5.80. The molecule has 0 aromatic carbocycles. The van der Waals surface area contributed by atoms with Crippen LogP contribution < -0.4 is 4.90 Å². The second-order valence-corrected chi connectivity index (χ2v) is 7.68. The van der Waals surface area contributed by atoms with E-state index in [1.807, 2.05) is 9.80 Å². The summed E-state index contributed by atoms with van der Waals surface area (Å²) in [6.45, 7) is 3.36. The number of amides is 1. The van der Waals surface area contributed by atoms with Gasteiger partial charge in [0.2, 0.25) is 5.91 Å². The Morgan fingerprint density at radius 2 is 1.96 bits per heavy atom. The Bertz CT molecular complexity index is 678.